The number of carbonyl (C=O) groups is 1. The second-order valence-electron chi connectivity index (χ2n) is 17.0. The van der Waals surface area contributed by atoms with E-state index >= 15 is 0 Å². The summed E-state index contributed by atoms with van der Waals surface area (Å²) in [6.45, 7) is 3.96. The first kappa shape index (κ1) is 53.0. The standard InChI is InChI=1S/C50H51Cl2N4O13PS2/c1-29-24-55(48(60)53-46(29)58)44-22-40(66-31(3)57)43(68-44)27-65-70(71,72-28-32-11-16-36(51)21-39(32)52)69-41-23-45(56-25-30(2)47(59)54-49(56)61)67-42(41)26-64-50(33-9-7-6-8-10-33,34-12-17-37(62-4)18-13-34)35-14-19-38(63-5)20-15-35/h6-21,24-25,40-45H,22-23,26-28H2,1-5H3,(H,53,58,60)(H,54,59,61)/t40-,41-,42+,43+,44+,45+,70?/m0/s1. The zero-order valence-electron chi connectivity index (χ0n) is 39.6. The SMILES string of the molecule is COc1ccc(C(OC[C@H]2O[C@@H](n3cc(C)c(=O)[nH]c3=O)C[C@@H]2OP(=S)(OC[C@H]2O[C@@H](n3cc(C)c(=O)[nH]c3=O)C[C@@H]2OC(C)=O)SCc2ccc(Cl)cc2Cl)(c2ccccc2)c2ccc(OC)cc2)cc1. The fourth-order valence-electron chi connectivity index (χ4n) is 8.59. The number of methoxy groups -OCH3 is 2. The van der Waals surface area contributed by atoms with Crippen molar-refractivity contribution in [1.29, 1.82) is 0 Å². The molecule has 0 aliphatic carbocycles. The highest BCUT2D eigenvalue weighted by Crippen LogP contribution is 2.64. The van der Waals surface area contributed by atoms with E-state index in [4.69, 9.17) is 72.5 Å². The normalized spacial score (nSPS) is 20.8. The molecule has 22 heteroatoms. The Labute approximate surface area is 432 Å². The monoisotopic (exact) mass is 1080 g/mol. The molecule has 0 radical (unpaired) electrons. The fourth-order valence-corrected chi connectivity index (χ4v) is 13.6. The third kappa shape index (κ3) is 11.9. The van der Waals surface area contributed by atoms with E-state index in [-0.39, 0.29) is 42.9 Å². The van der Waals surface area contributed by atoms with E-state index in [9.17, 15) is 24.0 Å². The number of carbonyl (C=O) groups excluding carboxylic acids is 1. The topological polar surface area (TPSA) is 201 Å². The second-order valence-corrected chi connectivity index (χ2v) is 24.2. The molecule has 17 nitrogen and oxygen atoms in total. The number of aromatic nitrogens is 4. The summed E-state index contributed by atoms with van der Waals surface area (Å²) in [5.74, 6) is 0.869. The number of nitrogens with one attached hydrogen (secondary N) is 2. The van der Waals surface area contributed by atoms with Gasteiger partial charge in [-0.1, -0.05) is 95.2 Å². The molecule has 0 saturated carbocycles. The molecule has 0 spiro atoms. The van der Waals surface area contributed by atoms with Crippen molar-refractivity contribution in [2.45, 2.75) is 81.8 Å². The molecule has 0 amide bonds. The number of hydrogen-bond donors (Lipinski definition) is 2. The molecule has 8 rings (SSSR count). The van der Waals surface area contributed by atoms with Crippen molar-refractivity contribution in [3.8, 4) is 11.5 Å². The lowest BCUT2D eigenvalue weighted by Gasteiger charge is -2.37. The highest BCUT2D eigenvalue weighted by molar-refractivity contribution is 8.67. The highest BCUT2D eigenvalue weighted by atomic mass is 35.5. The van der Waals surface area contributed by atoms with Crippen molar-refractivity contribution >= 4 is 58.1 Å². The van der Waals surface area contributed by atoms with Gasteiger partial charge in [-0.15, -0.1) is 0 Å². The lowest BCUT2D eigenvalue weighted by Crippen LogP contribution is -2.38. The predicted octanol–water partition coefficient (Wildman–Crippen LogP) is 8.10. The first-order chi connectivity index (χ1) is 34.5. The third-order valence-corrected chi connectivity index (χ3v) is 18.1. The molecule has 1 unspecified atom stereocenters. The average Bonchev–Trinajstić information content (AvgIpc) is 3.96. The van der Waals surface area contributed by atoms with Crippen LogP contribution in [0, 0.1) is 13.8 Å². The van der Waals surface area contributed by atoms with Crippen molar-refractivity contribution < 1.29 is 42.3 Å². The van der Waals surface area contributed by atoms with Crippen molar-refractivity contribution in [2.24, 2.45) is 0 Å². The van der Waals surface area contributed by atoms with Crippen molar-refractivity contribution in [3.05, 3.63) is 195 Å². The Morgan fingerprint density at radius 1 is 0.750 bits per heavy atom. The molecule has 2 N–H and O–H groups in total. The van der Waals surface area contributed by atoms with Crippen LogP contribution in [0.25, 0.3) is 0 Å². The molecule has 7 atom stereocenters. The highest BCUT2D eigenvalue weighted by Gasteiger charge is 2.46. The van der Waals surface area contributed by atoms with Crippen molar-refractivity contribution in [3.63, 3.8) is 0 Å². The van der Waals surface area contributed by atoms with Crippen molar-refractivity contribution in [1.82, 2.24) is 19.1 Å². The molecule has 0 bridgehead atoms. The Hall–Kier alpha value is -5.31. The van der Waals surface area contributed by atoms with Crippen LogP contribution in [-0.4, -0.2) is 76.9 Å². The number of esters is 1. The Balaban J connectivity index is 1.18. The maximum atomic E-state index is 13.5. The van der Waals surface area contributed by atoms with Crippen LogP contribution in [0.1, 0.15) is 65.6 Å². The summed E-state index contributed by atoms with van der Waals surface area (Å²) >= 11 is 20.5. The van der Waals surface area contributed by atoms with E-state index in [0.717, 1.165) is 16.7 Å². The molecule has 2 saturated heterocycles. The average molecular weight is 1080 g/mol. The minimum atomic E-state index is -3.62. The van der Waals surface area contributed by atoms with Crippen LogP contribution >= 0.6 is 40.3 Å². The molecule has 72 heavy (non-hydrogen) atoms. The van der Waals surface area contributed by atoms with Crippen LogP contribution in [0.3, 0.4) is 0 Å². The fraction of sp³-hybridized carbons (Fsp3) is 0.340. The van der Waals surface area contributed by atoms with E-state index in [1.54, 1.807) is 46.3 Å². The first-order valence-electron chi connectivity index (χ1n) is 22.6. The summed E-state index contributed by atoms with van der Waals surface area (Å²) in [6.07, 6.45) is -2.77. The molecule has 2 aromatic heterocycles. The molecule has 2 aliphatic rings. The molecule has 380 valence electrons. The molecule has 2 fully saturated rings. The summed E-state index contributed by atoms with van der Waals surface area (Å²) < 4.78 is 53.4. The Kier molecular flexibility index (Phi) is 16.8. The van der Waals surface area contributed by atoms with Gasteiger partial charge in [0.15, 0.2) is 0 Å². The minimum Gasteiger partial charge on any atom is -0.497 e. The smallest absolute Gasteiger partial charge is 0.330 e. The van der Waals surface area contributed by atoms with Gasteiger partial charge in [0.25, 0.3) is 11.1 Å². The second kappa shape index (κ2) is 22.8. The Morgan fingerprint density at radius 2 is 1.26 bits per heavy atom. The predicted molar refractivity (Wildman–Crippen MR) is 276 cm³/mol. The number of rotatable bonds is 19. The molecular weight excluding hydrogens is 1030 g/mol. The minimum absolute atomic E-state index is 0.0411. The van der Waals surface area contributed by atoms with Crippen molar-refractivity contribution in [2.75, 3.05) is 27.4 Å². The lowest BCUT2D eigenvalue weighted by molar-refractivity contribution is -0.150. The number of hydrogen-bond acceptors (Lipinski definition) is 15. The third-order valence-electron chi connectivity index (χ3n) is 12.3. The van der Waals surface area contributed by atoms with Crippen LogP contribution in [0.4, 0.5) is 0 Å². The summed E-state index contributed by atoms with van der Waals surface area (Å²) in [5.41, 5.74) is -3.91. The summed E-state index contributed by atoms with van der Waals surface area (Å²) in [6, 6.07) is 29.8. The van der Waals surface area contributed by atoms with Gasteiger partial charge in [0.1, 0.15) is 47.9 Å². The number of halogens is 2. The van der Waals surface area contributed by atoms with Gasteiger partial charge >= 0.3 is 17.3 Å². The largest absolute Gasteiger partial charge is 0.497 e. The Bertz CT molecular complexity index is 3140. The van der Waals surface area contributed by atoms with Gasteiger partial charge in [-0.25, -0.2) is 9.59 Å². The summed E-state index contributed by atoms with van der Waals surface area (Å²) in [4.78, 5) is 68.4. The number of ether oxygens (including phenoxy) is 6. The van der Waals surface area contributed by atoms with Crippen LogP contribution in [0.2, 0.25) is 10.0 Å². The van der Waals surface area contributed by atoms with E-state index in [1.807, 2.05) is 78.9 Å². The van der Waals surface area contributed by atoms with Gasteiger partial charge in [0, 0.05) is 59.1 Å². The number of H-pyrrole nitrogens is 2. The summed E-state index contributed by atoms with van der Waals surface area (Å²) in [5, 5.41) is 0.815. The first-order valence-corrected chi connectivity index (χ1v) is 27.6. The quantitative estimate of drug-likeness (QED) is 0.0447. The van der Waals surface area contributed by atoms with Crippen LogP contribution in [-0.2, 0) is 56.0 Å². The van der Waals surface area contributed by atoms with Gasteiger partial charge in [-0.05, 0) is 84.3 Å². The number of aromatic amines is 2. The van der Waals surface area contributed by atoms with Gasteiger partial charge in [0.05, 0.1) is 33.5 Å². The Morgan fingerprint density at radius 3 is 1.78 bits per heavy atom. The maximum absolute atomic E-state index is 13.5. The van der Waals surface area contributed by atoms with Crippen LogP contribution < -0.4 is 32.0 Å². The van der Waals surface area contributed by atoms with Gasteiger partial charge in [0.2, 0.25) is 5.69 Å². The summed E-state index contributed by atoms with van der Waals surface area (Å²) in [7, 11) is 3.18. The maximum Gasteiger partial charge on any atom is 0.330 e. The zero-order chi connectivity index (χ0) is 51.3. The molecule has 6 aromatic rings. The zero-order valence-corrected chi connectivity index (χ0v) is 43.7. The molecule has 2 aliphatic heterocycles. The number of aryl methyl sites for hydroxylation is 2. The van der Waals surface area contributed by atoms with Gasteiger partial charge < -0.3 is 37.5 Å². The molecule has 4 aromatic carbocycles. The van der Waals surface area contributed by atoms with Crippen LogP contribution in [0.5, 0.6) is 11.5 Å². The lowest BCUT2D eigenvalue weighted by atomic mass is 9.80. The van der Waals surface area contributed by atoms with Gasteiger partial charge in [-0.2, -0.15) is 0 Å². The van der Waals surface area contributed by atoms with E-state index in [0.29, 0.717) is 27.1 Å². The number of nitrogens with zero attached hydrogens (tertiary/aromatic N) is 2. The van der Waals surface area contributed by atoms with E-state index in [1.165, 1.54) is 39.8 Å². The van der Waals surface area contributed by atoms with E-state index in [2.05, 4.69) is 9.97 Å². The van der Waals surface area contributed by atoms with Crippen LogP contribution in [0.15, 0.2) is 129 Å². The number of benzene rings is 4. The van der Waals surface area contributed by atoms with Gasteiger partial charge in [-0.3, -0.25) is 33.5 Å². The molecule has 4 heterocycles. The molecular formula is C50H51Cl2N4O13PS2. The van der Waals surface area contributed by atoms with E-state index < -0.39 is 76.6 Å².